The first-order valence-corrected chi connectivity index (χ1v) is 15.4. The van der Waals surface area contributed by atoms with Crippen molar-refractivity contribution in [3.05, 3.63) is 29.8 Å². The Morgan fingerprint density at radius 2 is 1.28 bits per heavy atom. The molecule has 0 amide bonds. The summed E-state index contributed by atoms with van der Waals surface area (Å²) < 4.78 is 29.6. The van der Waals surface area contributed by atoms with E-state index >= 15 is 0 Å². The zero-order valence-corrected chi connectivity index (χ0v) is 21.2. The van der Waals surface area contributed by atoms with Crippen molar-refractivity contribution in [2.45, 2.75) is 113 Å². The number of unbranched alkanes of at least 4 members (excludes halogenated alkanes) is 11. The minimum absolute atomic E-state index is 0.294. The van der Waals surface area contributed by atoms with Gasteiger partial charge in [0.15, 0.2) is 0 Å². The van der Waals surface area contributed by atoms with Crippen molar-refractivity contribution in [2.75, 3.05) is 6.61 Å². The van der Waals surface area contributed by atoms with E-state index in [1.165, 1.54) is 82.4 Å². The van der Waals surface area contributed by atoms with E-state index in [2.05, 4.69) is 6.92 Å². The number of aryl methyl sites for hydroxylation is 1. The van der Waals surface area contributed by atoms with Gasteiger partial charge in [-0.3, -0.25) is 0 Å². The van der Waals surface area contributed by atoms with Crippen molar-refractivity contribution >= 4 is 25.1 Å². The van der Waals surface area contributed by atoms with E-state index in [0.29, 0.717) is 26.5 Å². The summed E-state index contributed by atoms with van der Waals surface area (Å²) in [7, 11) is -3.60. The molecule has 0 radical (unpaired) electrons. The van der Waals surface area contributed by atoms with Gasteiger partial charge in [-0.05, 0) is 0 Å². The third-order valence-corrected chi connectivity index (χ3v) is 9.07. The van der Waals surface area contributed by atoms with Crippen LogP contribution in [0.15, 0.2) is 29.2 Å². The molecule has 0 unspecified atom stereocenters. The van der Waals surface area contributed by atoms with E-state index in [9.17, 15) is 8.42 Å². The SMILES string of the molecule is CCCCCCCCCCCCCC[Se]CCCOS(=O)(=O)c1ccccc1C. The van der Waals surface area contributed by atoms with E-state index < -0.39 is 10.1 Å². The van der Waals surface area contributed by atoms with Crippen LogP contribution in [0.25, 0.3) is 0 Å². The van der Waals surface area contributed by atoms with Crippen LogP contribution in [0.3, 0.4) is 0 Å². The van der Waals surface area contributed by atoms with E-state index in [4.69, 9.17) is 4.18 Å². The molecular formula is C24H42O3SSe. The number of benzene rings is 1. The van der Waals surface area contributed by atoms with Gasteiger partial charge in [-0.1, -0.05) is 13.3 Å². The molecule has 0 bridgehead atoms. The second-order valence-electron chi connectivity index (χ2n) is 7.90. The van der Waals surface area contributed by atoms with Crippen LogP contribution in [-0.2, 0) is 14.3 Å². The third-order valence-electron chi connectivity index (χ3n) is 5.18. The number of hydrogen-bond acceptors (Lipinski definition) is 3. The molecule has 5 heteroatoms. The van der Waals surface area contributed by atoms with E-state index in [1.54, 1.807) is 25.1 Å². The first-order valence-electron chi connectivity index (χ1n) is 11.6. The molecule has 1 aromatic carbocycles. The summed E-state index contributed by atoms with van der Waals surface area (Å²) in [5.74, 6) is 0. The van der Waals surface area contributed by atoms with Gasteiger partial charge >= 0.3 is 174 Å². The summed E-state index contributed by atoms with van der Waals surface area (Å²) in [6, 6.07) is 6.99. The second-order valence-corrected chi connectivity index (χ2v) is 12.0. The molecule has 0 aliphatic rings. The van der Waals surface area contributed by atoms with Gasteiger partial charge in [-0.25, -0.2) is 0 Å². The van der Waals surface area contributed by atoms with Crippen molar-refractivity contribution in [1.29, 1.82) is 0 Å². The molecule has 0 spiro atoms. The van der Waals surface area contributed by atoms with Crippen molar-refractivity contribution in [1.82, 2.24) is 0 Å². The Kier molecular flexibility index (Phi) is 16.0. The molecule has 29 heavy (non-hydrogen) atoms. The zero-order valence-electron chi connectivity index (χ0n) is 18.7. The summed E-state index contributed by atoms with van der Waals surface area (Å²) in [6.07, 6.45) is 17.6. The molecule has 0 saturated heterocycles. The molecule has 1 aromatic rings. The maximum absolute atomic E-state index is 12.2. The van der Waals surface area contributed by atoms with Gasteiger partial charge < -0.3 is 0 Å². The fraction of sp³-hybridized carbons (Fsp3) is 0.750. The van der Waals surface area contributed by atoms with Gasteiger partial charge in [0, 0.05) is 0 Å². The van der Waals surface area contributed by atoms with Crippen LogP contribution < -0.4 is 0 Å². The fourth-order valence-electron chi connectivity index (χ4n) is 3.38. The average Bonchev–Trinajstić information content (AvgIpc) is 2.70. The summed E-state index contributed by atoms with van der Waals surface area (Å²) in [6.45, 7) is 4.38. The molecule has 0 aromatic heterocycles. The van der Waals surface area contributed by atoms with Gasteiger partial charge in [-0.2, -0.15) is 0 Å². The Morgan fingerprint density at radius 1 is 0.759 bits per heavy atom. The van der Waals surface area contributed by atoms with E-state index in [-0.39, 0.29) is 0 Å². The van der Waals surface area contributed by atoms with Crippen molar-refractivity contribution in [3.63, 3.8) is 0 Å². The Morgan fingerprint density at radius 3 is 1.86 bits per heavy atom. The Hall–Kier alpha value is -0.351. The third kappa shape index (κ3) is 13.5. The van der Waals surface area contributed by atoms with Crippen LogP contribution >= 0.6 is 0 Å². The topological polar surface area (TPSA) is 43.4 Å². The van der Waals surface area contributed by atoms with Gasteiger partial charge in [0.05, 0.1) is 0 Å². The number of rotatable bonds is 19. The monoisotopic (exact) mass is 490 g/mol. The normalized spacial score (nSPS) is 11.8. The van der Waals surface area contributed by atoms with E-state index in [1.807, 2.05) is 6.07 Å². The Labute approximate surface area is 186 Å². The van der Waals surface area contributed by atoms with Crippen LogP contribution in [0.4, 0.5) is 0 Å². The molecule has 0 heterocycles. The van der Waals surface area contributed by atoms with Crippen LogP contribution in [-0.4, -0.2) is 30.0 Å². The molecule has 168 valence electrons. The van der Waals surface area contributed by atoms with Crippen LogP contribution in [0.2, 0.25) is 10.6 Å². The molecule has 3 nitrogen and oxygen atoms in total. The van der Waals surface area contributed by atoms with Crippen LogP contribution in [0, 0.1) is 6.92 Å². The van der Waals surface area contributed by atoms with Crippen molar-refractivity contribution in [3.8, 4) is 0 Å². The number of hydrogen-bond donors (Lipinski definition) is 0. The standard InChI is InChI=1S/C24H42O3SSe/c1-3-4-5-6-7-8-9-10-11-12-13-16-21-29-22-17-20-27-28(25,26)24-19-15-14-18-23(24)2/h14-15,18-19H,3-13,16-17,20-22H2,1-2H3. The van der Waals surface area contributed by atoms with E-state index in [0.717, 1.165) is 17.3 Å². The first kappa shape index (κ1) is 26.7. The molecule has 0 fully saturated rings. The Balaban J connectivity index is 1.87. The average molecular weight is 490 g/mol. The van der Waals surface area contributed by atoms with Crippen LogP contribution in [0.1, 0.15) is 96.0 Å². The molecule has 0 aliphatic carbocycles. The predicted molar refractivity (Wildman–Crippen MR) is 125 cm³/mol. The molecule has 0 N–H and O–H groups in total. The Bertz CT molecular complexity index is 616. The molecule has 0 atom stereocenters. The molecule has 0 saturated carbocycles. The maximum atomic E-state index is 12.2. The minimum atomic E-state index is -3.60. The van der Waals surface area contributed by atoms with Gasteiger partial charge in [0.2, 0.25) is 0 Å². The molecular weight excluding hydrogens is 447 g/mol. The van der Waals surface area contributed by atoms with Crippen molar-refractivity contribution < 1.29 is 12.6 Å². The summed E-state index contributed by atoms with van der Waals surface area (Å²) in [5.41, 5.74) is 0.740. The summed E-state index contributed by atoms with van der Waals surface area (Å²) in [5, 5.41) is 2.42. The van der Waals surface area contributed by atoms with Crippen LogP contribution in [0.5, 0.6) is 0 Å². The summed E-state index contributed by atoms with van der Waals surface area (Å²) >= 11 is 0.619. The zero-order chi connectivity index (χ0) is 21.2. The van der Waals surface area contributed by atoms with Gasteiger partial charge in [0.1, 0.15) is 0 Å². The van der Waals surface area contributed by atoms with Crippen molar-refractivity contribution in [2.24, 2.45) is 0 Å². The second kappa shape index (κ2) is 17.3. The predicted octanol–water partition coefficient (Wildman–Crippen LogP) is 7.33. The first-order chi connectivity index (χ1) is 14.1. The van der Waals surface area contributed by atoms with Gasteiger partial charge in [-0.15, -0.1) is 0 Å². The fourth-order valence-corrected chi connectivity index (χ4v) is 6.51. The molecule has 0 aliphatic heterocycles. The van der Waals surface area contributed by atoms with Gasteiger partial charge in [0.25, 0.3) is 0 Å². The molecule has 1 rings (SSSR count). The quantitative estimate of drug-likeness (QED) is 0.116. The summed E-state index contributed by atoms with van der Waals surface area (Å²) in [4.78, 5) is 0.294.